The van der Waals surface area contributed by atoms with Crippen LogP contribution in [0.1, 0.15) is 47.2 Å². The second-order valence-electron chi connectivity index (χ2n) is 11.1. The number of hydrogen-bond acceptors (Lipinski definition) is 11. The Morgan fingerprint density at radius 2 is 1.88 bits per heavy atom. The first-order valence-corrected chi connectivity index (χ1v) is 17.1. The lowest BCUT2D eigenvalue weighted by Gasteiger charge is -2.36. The number of rotatable bonds is 10. The van der Waals surface area contributed by atoms with E-state index in [4.69, 9.17) is 13.9 Å². The number of anilines is 1. The zero-order valence-corrected chi connectivity index (χ0v) is 26.9. The van der Waals surface area contributed by atoms with Crippen LogP contribution in [0.25, 0.3) is 0 Å². The Kier molecular flexibility index (Phi) is 10.8. The molecule has 14 nitrogen and oxygen atoms in total. The van der Waals surface area contributed by atoms with Crippen LogP contribution >= 0.6 is 15.9 Å². The monoisotopic (exact) mass is 667 g/mol. The molecule has 2 aromatic rings. The molecule has 1 aromatic carbocycles. The highest BCUT2D eigenvalue weighted by Gasteiger charge is 2.41. The van der Waals surface area contributed by atoms with Gasteiger partial charge >= 0.3 is 16.3 Å². The Bertz CT molecular complexity index is 1330. The fourth-order valence-electron chi connectivity index (χ4n) is 2.53. The number of aromatic nitrogens is 2. The highest BCUT2D eigenvalue weighted by Crippen LogP contribution is 2.36. The van der Waals surface area contributed by atoms with Gasteiger partial charge in [0.15, 0.2) is 11.5 Å². The standard InChI is InChI=1S/C22H35BrFN7O7SSi/c1-21(2,3)36-20(32)31(39(34,35)30-38-40(7,8)22(4,5)6)12-11-25-18-17(28-37-29-18)19(27-33)26-14-9-10-16(24)15(23)13-14/h9-10,13,30,33H,11-12H2,1-8H3,(H,25,29)(H,26,27). The summed E-state index contributed by atoms with van der Waals surface area (Å²) in [5.74, 6) is -0.742. The van der Waals surface area contributed by atoms with Crippen LogP contribution in [0, 0.1) is 5.82 Å². The topological polar surface area (TPSA) is 181 Å². The second kappa shape index (κ2) is 12.9. The van der Waals surface area contributed by atoms with Crippen molar-refractivity contribution in [2.24, 2.45) is 4.99 Å². The molecule has 2 rings (SSSR count). The predicted octanol–water partition coefficient (Wildman–Crippen LogP) is 4.45. The smallest absolute Gasteiger partial charge is 0.425 e. The van der Waals surface area contributed by atoms with Crippen molar-refractivity contribution < 1.29 is 36.7 Å². The van der Waals surface area contributed by atoms with Gasteiger partial charge in [-0.3, -0.25) is 10.7 Å². The highest BCUT2D eigenvalue weighted by atomic mass is 79.9. The van der Waals surface area contributed by atoms with Crippen molar-refractivity contribution in [3.05, 3.63) is 34.2 Å². The maximum Gasteiger partial charge on any atom is 0.425 e. The molecule has 0 aliphatic rings. The first kappa shape index (κ1) is 33.6. The summed E-state index contributed by atoms with van der Waals surface area (Å²) >= 11 is 3.06. The van der Waals surface area contributed by atoms with Crippen molar-refractivity contribution in [2.75, 3.05) is 18.4 Å². The van der Waals surface area contributed by atoms with Gasteiger partial charge in [-0.2, -0.15) is 12.7 Å². The number of nitrogens with zero attached hydrogens (tertiary/aromatic N) is 4. The van der Waals surface area contributed by atoms with Gasteiger partial charge in [0.2, 0.25) is 14.1 Å². The van der Waals surface area contributed by atoms with E-state index in [0.29, 0.717) is 4.31 Å². The van der Waals surface area contributed by atoms with Crippen LogP contribution in [0.4, 0.5) is 20.7 Å². The number of aliphatic imine (C=N–C) groups is 1. The number of benzene rings is 1. The molecule has 0 unspecified atom stereocenters. The number of carbonyl (C=O) groups is 1. The molecule has 1 heterocycles. The Morgan fingerprint density at radius 3 is 2.42 bits per heavy atom. The summed E-state index contributed by atoms with van der Waals surface area (Å²) in [6.45, 7) is 13.7. The Balaban J connectivity index is 2.25. The average Bonchev–Trinajstić information content (AvgIpc) is 3.27. The fraction of sp³-hybridized carbons (Fsp3) is 0.545. The lowest BCUT2D eigenvalue weighted by atomic mass is 10.2. The summed E-state index contributed by atoms with van der Waals surface area (Å²) < 4.78 is 56.1. The van der Waals surface area contributed by atoms with Crippen LogP contribution in [0.3, 0.4) is 0 Å². The molecule has 0 aliphatic heterocycles. The molecule has 18 heteroatoms. The minimum Gasteiger partial charge on any atom is -0.443 e. The van der Waals surface area contributed by atoms with Gasteiger partial charge in [0.25, 0.3) is 0 Å². The largest absolute Gasteiger partial charge is 0.443 e. The number of amides is 1. The number of amidine groups is 1. The van der Waals surface area contributed by atoms with Crippen molar-refractivity contribution in [1.29, 1.82) is 0 Å². The van der Waals surface area contributed by atoms with E-state index in [1.54, 1.807) is 20.8 Å². The lowest BCUT2D eigenvalue weighted by Crippen LogP contribution is -2.53. The third-order valence-electron chi connectivity index (χ3n) is 5.67. The van der Waals surface area contributed by atoms with Crippen LogP contribution in [0.15, 0.2) is 32.3 Å². The minimum absolute atomic E-state index is 0.0338. The van der Waals surface area contributed by atoms with Gasteiger partial charge < -0.3 is 14.6 Å². The summed E-state index contributed by atoms with van der Waals surface area (Å²) in [6, 6.07) is 3.91. The number of hydroxylamine groups is 1. The van der Waals surface area contributed by atoms with Gasteiger partial charge in [-0.1, -0.05) is 25.7 Å². The number of carbonyl (C=O) groups excluding carboxylic acids is 1. The third-order valence-corrected chi connectivity index (χ3v) is 11.9. The SMILES string of the molecule is CC(C)(C)OC(=O)N(CCNc1nonc1C(=Nc1ccc(F)c(Br)c1)NO)S(=O)(=O)NO[Si](C)(C)C(C)(C)C. The van der Waals surface area contributed by atoms with Crippen molar-refractivity contribution in [3.63, 3.8) is 0 Å². The second-order valence-corrected chi connectivity index (χ2v) is 18.2. The van der Waals surface area contributed by atoms with Crippen LogP contribution < -0.4 is 15.7 Å². The fourth-order valence-corrected chi connectivity index (χ4v) is 5.11. The molecule has 4 N–H and O–H groups in total. The summed E-state index contributed by atoms with van der Waals surface area (Å²) in [7, 11) is -7.06. The summed E-state index contributed by atoms with van der Waals surface area (Å²) in [6.07, 6.45) is -1.12. The zero-order chi connectivity index (χ0) is 30.5. The quantitative estimate of drug-likeness (QED) is 0.122. The molecule has 40 heavy (non-hydrogen) atoms. The molecule has 0 saturated carbocycles. The molecular formula is C22H35BrFN7O7SSi. The molecule has 1 aromatic heterocycles. The number of hydrogen-bond donors (Lipinski definition) is 4. The van der Waals surface area contributed by atoms with E-state index in [1.165, 1.54) is 18.2 Å². The van der Waals surface area contributed by atoms with Crippen LogP contribution in [0.5, 0.6) is 0 Å². The van der Waals surface area contributed by atoms with Gasteiger partial charge in [0.1, 0.15) is 11.4 Å². The summed E-state index contributed by atoms with van der Waals surface area (Å²) in [5, 5.41) is 19.5. The zero-order valence-electron chi connectivity index (χ0n) is 23.5. The molecule has 0 fully saturated rings. The molecule has 0 spiro atoms. The third kappa shape index (κ3) is 9.20. The first-order chi connectivity index (χ1) is 18.3. The number of ether oxygens (including phenoxy) is 1. The molecule has 224 valence electrons. The summed E-state index contributed by atoms with van der Waals surface area (Å²) in [4.78, 5) is 19.1. The Morgan fingerprint density at radius 1 is 1.23 bits per heavy atom. The lowest BCUT2D eigenvalue weighted by molar-refractivity contribution is 0.0385. The van der Waals surface area contributed by atoms with E-state index in [9.17, 15) is 22.8 Å². The van der Waals surface area contributed by atoms with E-state index in [-0.39, 0.29) is 39.1 Å². The molecule has 1 amide bonds. The summed E-state index contributed by atoms with van der Waals surface area (Å²) in [5.41, 5.74) is 1.08. The van der Waals surface area contributed by atoms with Crippen molar-refractivity contribution in [2.45, 2.75) is 65.3 Å². The number of nitrogens with one attached hydrogen (secondary N) is 3. The van der Waals surface area contributed by atoms with Gasteiger partial charge in [-0.15, -0.1) is 0 Å². The van der Waals surface area contributed by atoms with E-state index in [1.807, 2.05) is 39.3 Å². The minimum atomic E-state index is -4.50. The maximum absolute atomic E-state index is 13.6. The van der Waals surface area contributed by atoms with Gasteiger partial charge in [-0.05, 0) is 83.3 Å². The number of halogens is 2. The van der Waals surface area contributed by atoms with Crippen molar-refractivity contribution in [1.82, 2.24) is 25.0 Å². The maximum atomic E-state index is 13.6. The molecule has 0 aliphatic carbocycles. The first-order valence-electron chi connectivity index (χ1n) is 12.0. The predicted molar refractivity (Wildman–Crippen MR) is 151 cm³/mol. The molecule has 0 bridgehead atoms. The van der Waals surface area contributed by atoms with E-state index in [2.05, 4.69) is 41.4 Å². The molecule has 0 atom stereocenters. The van der Waals surface area contributed by atoms with Gasteiger partial charge in [0.05, 0.1) is 16.7 Å². The molecule has 0 radical (unpaired) electrons. The van der Waals surface area contributed by atoms with Crippen LogP contribution in [-0.2, 0) is 19.5 Å². The van der Waals surface area contributed by atoms with E-state index < -0.39 is 42.6 Å². The van der Waals surface area contributed by atoms with Gasteiger partial charge in [0, 0.05) is 6.54 Å². The molecule has 0 saturated heterocycles. The van der Waals surface area contributed by atoms with Crippen molar-refractivity contribution in [3.8, 4) is 0 Å². The van der Waals surface area contributed by atoms with E-state index >= 15 is 0 Å². The van der Waals surface area contributed by atoms with Crippen molar-refractivity contribution >= 4 is 57.9 Å². The normalized spacial score (nSPS) is 13.2. The highest BCUT2D eigenvalue weighted by molar-refractivity contribution is 9.10. The molecular weight excluding hydrogens is 633 g/mol. The Labute approximate surface area is 242 Å². The van der Waals surface area contributed by atoms with Crippen LogP contribution in [0.2, 0.25) is 18.1 Å². The van der Waals surface area contributed by atoms with E-state index in [0.717, 1.165) is 0 Å². The average molecular weight is 669 g/mol. The van der Waals surface area contributed by atoms with Gasteiger partial charge in [-0.25, -0.2) is 18.8 Å². The Hall–Kier alpha value is -2.64. The van der Waals surface area contributed by atoms with Crippen LogP contribution in [-0.4, -0.2) is 67.2 Å².